The minimum atomic E-state index is 0.500. The molecule has 0 aliphatic carbocycles. The number of rotatable bonds is 2. The van der Waals surface area contributed by atoms with Gasteiger partial charge in [-0.2, -0.15) is 5.26 Å². The van der Waals surface area contributed by atoms with Gasteiger partial charge in [0.2, 0.25) is 0 Å². The van der Waals surface area contributed by atoms with E-state index in [0.717, 1.165) is 16.6 Å². The molecule has 3 rings (SSSR count). The summed E-state index contributed by atoms with van der Waals surface area (Å²) in [5.74, 6) is 0. The van der Waals surface area contributed by atoms with Crippen molar-refractivity contribution in [2.75, 3.05) is 11.1 Å². The second-order valence-electron chi connectivity index (χ2n) is 4.53. The zero-order valence-electron chi connectivity index (χ0n) is 11.0. The van der Waals surface area contributed by atoms with Crippen LogP contribution >= 0.6 is 11.6 Å². The summed E-state index contributed by atoms with van der Waals surface area (Å²) in [6.45, 7) is 0. The minimum absolute atomic E-state index is 0.500. The van der Waals surface area contributed by atoms with E-state index in [1.54, 1.807) is 24.4 Å². The smallest absolute Gasteiger partial charge is 0.101 e. The molecule has 102 valence electrons. The molecule has 1 heterocycles. The normalized spacial score (nSPS) is 10.3. The average molecular weight is 295 g/mol. The molecule has 0 bridgehead atoms. The van der Waals surface area contributed by atoms with Crippen LogP contribution in [-0.2, 0) is 0 Å². The van der Waals surface area contributed by atoms with E-state index in [9.17, 15) is 5.26 Å². The van der Waals surface area contributed by atoms with Gasteiger partial charge >= 0.3 is 0 Å². The first-order chi connectivity index (χ1) is 10.2. The van der Waals surface area contributed by atoms with Crippen molar-refractivity contribution in [3.63, 3.8) is 0 Å². The van der Waals surface area contributed by atoms with Crippen molar-refractivity contribution in [2.45, 2.75) is 0 Å². The summed E-state index contributed by atoms with van der Waals surface area (Å²) >= 11 is 6.01. The maximum atomic E-state index is 9.19. The molecule has 0 aliphatic rings. The molecule has 0 aliphatic heterocycles. The Kier molecular flexibility index (Phi) is 3.35. The van der Waals surface area contributed by atoms with Gasteiger partial charge in [0.15, 0.2) is 0 Å². The van der Waals surface area contributed by atoms with Crippen LogP contribution in [0.4, 0.5) is 17.1 Å². The first kappa shape index (κ1) is 13.2. The lowest BCUT2D eigenvalue weighted by atomic mass is 10.1. The molecular formula is C16H11ClN4. The fourth-order valence-electron chi connectivity index (χ4n) is 2.15. The monoisotopic (exact) mass is 294 g/mol. The van der Waals surface area contributed by atoms with E-state index in [2.05, 4.69) is 16.4 Å². The van der Waals surface area contributed by atoms with E-state index in [-0.39, 0.29) is 0 Å². The second-order valence-corrected chi connectivity index (χ2v) is 4.97. The van der Waals surface area contributed by atoms with Crippen LogP contribution in [0.15, 0.2) is 48.7 Å². The van der Waals surface area contributed by atoms with Crippen LogP contribution in [0.5, 0.6) is 0 Å². The van der Waals surface area contributed by atoms with E-state index in [0.29, 0.717) is 22.0 Å². The zero-order chi connectivity index (χ0) is 14.8. The van der Waals surface area contributed by atoms with Gasteiger partial charge < -0.3 is 11.1 Å². The number of hydrogen-bond donors (Lipinski definition) is 2. The lowest BCUT2D eigenvalue weighted by molar-refractivity contribution is 1.40. The molecule has 4 nitrogen and oxygen atoms in total. The molecule has 5 heteroatoms. The Balaban J connectivity index is 2.17. The fourth-order valence-corrected chi connectivity index (χ4v) is 2.32. The third-order valence-corrected chi connectivity index (χ3v) is 3.40. The van der Waals surface area contributed by atoms with Gasteiger partial charge in [-0.3, -0.25) is 4.98 Å². The number of halogens is 1. The molecule has 0 radical (unpaired) electrons. The summed E-state index contributed by atoms with van der Waals surface area (Å²) in [5, 5.41) is 13.8. The fraction of sp³-hybridized carbons (Fsp3) is 0. The number of hydrogen-bond acceptors (Lipinski definition) is 4. The van der Waals surface area contributed by atoms with Crippen LogP contribution in [0.2, 0.25) is 5.02 Å². The minimum Gasteiger partial charge on any atom is -0.396 e. The van der Waals surface area contributed by atoms with Gasteiger partial charge in [0.25, 0.3) is 0 Å². The lowest BCUT2D eigenvalue weighted by Crippen LogP contribution is -2.00. The van der Waals surface area contributed by atoms with Crippen molar-refractivity contribution < 1.29 is 0 Å². The van der Waals surface area contributed by atoms with Crippen molar-refractivity contribution in [3.8, 4) is 6.07 Å². The van der Waals surface area contributed by atoms with E-state index in [1.807, 2.05) is 24.3 Å². The van der Waals surface area contributed by atoms with Crippen LogP contribution in [0, 0.1) is 11.3 Å². The van der Waals surface area contributed by atoms with Gasteiger partial charge in [0.05, 0.1) is 34.3 Å². The Labute approximate surface area is 126 Å². The van der Waals surface area contributed by atoms with Gasteiger partial charge in [-0.05, 0) is 24.3 Å². The number of fused-ring (bicyclic) bond motifs is 1. The lowest BCUT2D eigenvalue weighted by Gasteiger charge is -2.13. The molecule has 0 amide bonds. The number of nitrogens with two attached hydrogens (primary N) is 1. The molecule has 3 aromatic rings. The van der Waals surface area contributed by atoms with Crippen molar-refractivity contribution in [3.05, 3.63) is 59.2 Å². The molecular weight excluding hydrogens is 284 g/mol. The highest BCUT2D eigenvalue weighted by molar-refractivity contribution is 6.31. The Bertz CT molecular complexity index is 868. The molecule has 21 heavy (non-hydrogen) atoms. The highest BCUT2D eigenvalue weighted by Gasteiger charge is 2.09. The van der Waals surface area contributed by atoms with E-state index in [4.69, 9.17) is 17.3 Å². The Morgan fingerprint density at radius 2 is 2.00 bits per heavy atom. The molecule has 0 fully saturated rings. The third-order valence-electron chi connectivity index (χ3n) is 3.17. The molecule has 0 spiro atoms. The predicted octanol–water partition coefficient (Wildman–Crippen LogP) is 4.09. The van der Waals surface area contributed by atoms with E-state index in [1.165, 1.54) is 0 Å². The number of pyridine rings is 1. The highest BCUT2D eigenvalue weighted by Crippen LogP contribution is 2.32. The molecule has 0 saturated carbocycles. The third kappa shape index (κ3) is 2.47. The summed E-state index contributed by atoms with van der Waals surface area (Å²) < 4.78 is 0. The van der Waals surface area contributed by atoms with E-state index < -0.39 is 0 Å². The van der Waals surface area contributed by atoms with Crippen LogP contribution in [0.3, 0.4) is 0 Å². The van der Waals surface area contributed by atoms with Crippen LogP contribution in [0.1, 0.15) is 5.56 Å². The summed E-state index contributed by atoms with van der Waals surface area (Å²) in [6.07, 6.45) is 1.60. The molecule has 2 aromatic carbocycles. The first-order valence-electron chi connectivity index (χ1n) is 6.29. The van der Waals surface area contributed by atoms with Gasteiger partial charge in [-0.15, -0.1) is 0 Å². The maximum absolute atomic E-state index is 9.19. The molecule has 3 N–H and O–H groups in total. The average Bonchev–Trinajstić information content (AvgIpc) is 2.50. The Morgan fingerprint density at radius 3 is 2.81 bits per heavy atom. The molecule has 0 atom stereocenters. The number of anilines is 3. The maximum Gasteiger partial charge on any atom is 0.101 e. The summed E-state index contributed by atoms with van der Waals surface area (Å²) in [6, 6.07) is 14.8. The van der Waals surface area contributed by atoms with Gasteiger partial charge in [0.1, 0.15) is 6.07 Å². The van der Waals surface area contributed by atoms with Crippen molar-refractivity contribution in [1.29, 1.82) is 5.26 Å². The SMILES string of the molecule is N#Cc1ccc(Cl)cc1Nc1c(N)cnc2ccccc12. The van der Waals surface area contributed by atoms with Crippen LogP contribution in [-0.4, -0.2) is 4.98 Å². The number of nitrogens with one attached hydrogen (secondary N) is 1. The molecule has 1 aromatic heterocycles. The molecule has 0 saturated heterocycles. The van der Waals surface area contributed by atoms with Gasteiger partial charge in [0, 0.05) is 10.4 Å². The number of nitrogens with zero attached hydrogens (tertiary/aromatic N) is 2. The summed E-state index contributed by atoms with van der Waals surface area (Å²) in [5.41, 5.74) is 9.20. The summed E-state index contributed by atoms with van der Waals surface area (Å²) in [7, 11) is 0. The standard InChI is InChI=1S/C16H11ClN4/c17-11-6-5-10(8-18)15(7-11)21-16-12-3-1-2-4-14(12)20-9-13(16)19/h1-7,9H,19H2,(H,20,21). The highest BCUT2D eigenvalue weighted by atomic mass is 35.5. The topological polar surface area (TPSA) is 74.7 Å². The molecule has 0 unspecified atom stereocenters. The number of para-hydroxylation sites is 1. The number of nitrogen functional groups attached to an aromatic ring is 1. The van der Waals surface area contributed by atoms with E-state index >= 15 is 0 Å². The quantitative estimate of drug-likeness (QED) is 0.746. The Hall–Kier alpha value is -2.77. The number of aromatic nitrogens is 1. The Morgan fingerprint density at radius 1 is 1.19 bits per heavy atom. The summed E-state index contributed by atoms with van der Waals surface area (Å²) in [4.78, 5) is 4.29. The number of nitriles is 1. The van der Waals surface area contributed by atoms with Crippen LogP contribution < -0.4 is 11.1 Å². The zero-order valence-corrected chi connectivity index (χ0v) is 11.7. The van der Waals surface area contributed by atoms with Gasteiger partial charge in [-0.25, -0.2) is 0 Å². The predicted molar refractivity (Wildman–Crippen MR) is 85.6 cm³/mol. The van der Waals surface area contributed by atoms with Crippen molar-refractivity contribution in [1.82, 2.24) is 4.98 Å². The number of benzene rings is 2. The second kappa shape index (κ2) is 5.31. The van der Waals surface area contributed by atoms with Crippen molar-refractivity contribution in [2.24, 2.45) is 0 Å². The van der Waals surface area contributed by atoms with Crippen LogP contribution in [0.25, 0.3) is 10.9 Å². The first-order valence-corrected chi connectivity index (χ1v) is 6.67. The van der Waals surface area contributed by atoms with Crippen molar-refractivity contribution >= 4 is 39.6 Å². The largest absolute Gasteiger partial charge is 0.396 e. The van der Waals surface area contributed by atoms with Gasteiger partial charge in [-0.1, -0.05) is 29.8 Å².